The summed E-state index contributed by atoms with van der Waals surface area (Å²) in [5, 5.41) is 0. The molecular weight excluding hydrogens is 821 g/mol. The van der Waals surface area contributed by atoms with Crippen LogP contribution in [0.2, 0.25) is 0 Å². The second-order valence-electron chi connectivity index (χ2n) is 18.5. The average Bonchev–Trinajstić information content (AvgIpc) is 3.34. The van der Waals surface area contributed by atoms with E-state index in [0.717, 1.165) is 22.7 Å². The lowest BCUT2D eigenvalue weighted by atomic mass is 9.99. The molecule has 0 bridgehead atoms. The van der Waals surface area contributed by atoms with Gasteiger partial charge in [-0.2, -0.15) is 0 Å². The van der Waals surface area contributed by atoms with Crippen LogP contribution >= 0.6 is 0 Å². The fraction of sp³-hybridized carbons (Fsp3) is 0.121. The Kier molecular flexibility index (Phi) is 13.2. The largest absolute Gasteiger partial charge is 0.310 e. The molecule has 0 unspecified atom stereocenters. The molecule has 2 heteroatoms. The van der Waals surface area contributed by atoms with Crippen LogP contribution < -0.4 is 9.80 Å². The summed E-state index contributed by atoms with van der Waals surface area (Å²) in [6, 6.07) is 71.3. The molecule has 68 heavy (non-hydrogen) atoms. The zero-order valence-electron chi connectivity index (χ0n) is 40.7. The number of anilines is 6. The van der Waals surface area contributed by atoms with E-state index in [0.29, 0.717) is 0 Å². The third-order valence-corrected chi connectivity index (χ3v) is 13.1. The summed E-state index contributed by atoms with van der Waals surface area (Å²) in [4.78, 5) is 4.73. The molecule has 0 saturated heterocycles. The molecule has 0 aliphatic carbocycles. The highest BCUT2D eigenvalue weighted by atomic mass is 15.1. The smallest absolute Gasteiger partial charge is 0.0490 e. The van der Waals surface area contributed by atoms with Crippen LogP contribution in [0, 0.1) is 55.4 Å². The van der Waals surface area contributed by atoms with Crippen LogP contribution in [0.4, 0.5) is 34.1 Å². The van der Waals surface area contributed by atoms with Gasteiger partial charge in [-0.1, -0.05) is 180 Å². The van der Waals surface area contributed by atoms with E-state index >= 15 is 0 Å². The minimum atomic E-state index is 1.12. The first-order valence-electron chi connectivity index (χ1n) is 23.7. The molecule has 0 radical (unpaired) electrons. The van der Waals surface area contributed by atoms with Gasteiger partial charge in [-0.3, -0.25) is 0 Å². The monoisotopic (exact) mass is 880 g/mol. The van der Waals surface area contributed by atoms with E-state index in [1.807, 2.05) is 0 Å². The Bertz CT molecular complexity index is 3040. The molecular formula is C66H60N2. The SMILES string of the molecule is Cc1ccc(C=Cc2ccc(N(c3ccc(-c4ccc(-c5ccc(N(c6ccc(C=Cc7ccc(C)cc7C)cc6)c6ccc(C)cc6C)cc5)cc4)cc3)c3ccc(C)cc3C)cc2)c(C)c1. The normalized spacial score (nSPS) is 11.4. The quantitative estimate of drug-likeness (QED) is 0.113. The minimum Gasteiger partial charge on any atom is -0.310 e. The summed E-state index contributed by atoms with van der Waals surface area (Å²) in [5.74, 6) is 0. The number of rotatable bonds is 12. The summed E-state index contributed by atoms with van der Waals surface area (Å²) in [6.07, 6.45) is 8.82. The van der Waals surface area contributed by atoms with Crippen molar-refractivity contribution in [3.05, 3.63) is 261 Å². The Labute approximate surface area is 404 Å². The van der Waals surface area contributed by atoms with Gasteiger partial charge in [0.15, 0.2) is 0 Å². The zero-order chi connectivity index (χ0) is 47.3. The van der Waals surface area contributed by atoms with Crippen molar-refractivity contribution in [1.82, 2.24) is 0 Å². The summed E-state index contributed by atoms with van der Waals surface area (Å²) in [6.45, 7) is 17.3. The molecule has 0 N–H and O–H groups in total. The van der Waals surface area contributed by atoms with Crippen molar-refractivity contribution in [3.63, 3.8) is 0 Å². The summed E-state index contributed by atoms with van der Waals surface area (Å²) >= 11 is 0. The molecule has 0 aromatic heterocycles. The highest BCUT2D eigenvalue weighted by Gasteiger charge is 2.17. The van der Waals surface area contributed by atoms with Gasteiger partial charge in [-0.05, 0) is 183 Å². The molecule has 9 rings (SSSR count). The predicted molar refractivity (Wildman–Crippen MR) is 295 cm³/mol. The van der Waals surface area contributed by atoms with Crippen molar-refractivity contribution in [2.24, 2.45) is 0 Å². The lowest BCUT2D eigenvalue weighted by Crippen LogP contribution is -2.11. The number of hydrogen-bond donors (Lipinski definition) is 0. The second-order valence-corrected chi connectivity index (χ2v) is 18.5. The van der Waals surface area contributed by atoms with Crippen LogP contribution in [-0.2, 0) is 0 Å². The van der Waals surface area contributed by atoms with Crippen molar-refractivity contribution >= 4 is 58.4 Å². The van der Waals surface area contributed by atoms with Crippen LogP contribution in [0.1, 0.15) is 66.8 Å². The Balaban J connectivity index is 0.941. The first kappa shape index (κ1) is 45.2. The third-order valence-electron chi connectivity index (χ3n) is 13.1. The fourth-order valence-corrected chi connectivity index (χ4v) is 9.29. The van der Waals surface area contributed by atoms with E-state index in [4.69, 9.17) is 0 Å². The fourth-order valence-electron chi connectivity index (χ4n) is 9.29. The second kappa shape index (κ2) is 19.9. The Morgan fingerprint density at radius 3 is 0.809 bits per heavy atom. The molecule has 0 aliphatic heterocycles. The van der Waals surface area contributed by atoms with Gasteiger partial charge in [-0.25, -0.2) is 0 Å². The lowest BCUT2D eigenvalue weighted by molar-refractivity contribution is 1.24. The molecule has 0 atom stereocenters. The van der Waals surface area contributed by atoms with Crippen LogP contribution in [-0.4, -0.2) is 0 Å². The van der Waals surface area contributed by atoms with Crippen molar-refractivity contribution in [2.75, 3.05) is 9.80 Å². The lowest BCUT2D eigenvalue weighted by Gasteiger charge is -2.27. The van der Waals surface area contributed by atoms with Crippen molar-refractivity contribution < 1.29 is 0 Å². The van der Waals surface area contributed by atoms with Crippen molar-refractivity contribution in [1.29, 1.82) is 0 Å². The maximum absolute atomic E-state index is 2.37. The molecule has 2 nitrogen and oxygen atoms in total. The molecule has 9 aromatic carbocycles. The van der Waals surface area contributed by atoms with E-state index in [1.54, 1.807) is 0 Å². The van der Waals surface area contributed by atoms with Gasteiger partial charge in [0.05, 0.1) is 0 Å². The van der Waals surface area contributed by atoms with Gasteiger partial charge in [0.25, 0.3) is 0 Å². The molecule has 0 saturated carbocycles. The highest BCUT2D eigenvalue weighted by molar-refractivity contribution is 5.84. The number of nitrogens with zero attached hydrogens (tertiary/aromatic N) is 2. The van der Waals surface area contributed by atoms with Crippen LogP contribution in [0.15, 0.2) is 194 Å². The summed E-state index contributed by atoms with van der Waals surface area (Å²) in [7, 11) is 0. The minimum absolute atomic E-state index is 1.12. The molecule has 0 heterocycles. The van der Waals surface area contributed by atoms with E-state index < -0.39 is 0 Å². The number of aryl methyl sites for hydroxylation is 8. The van der Waals surface area contributed by atoms with Gasteiger partial charge in [0.1, 0.15) is 0 Å². The van der Waals surface area contributed by atoms with Gasteiger partial charge >= 0.3 is 0 Å². The van der Waals surface area contributed by atoms with Crippen LogP contribution in [0.25, 0.3) is 46.6 Å². The Morgan fingerprint density at radius 2 is 0.515 bits per heavy atom. The van der Waals surface area contributed by atoms with Gasteiger partial charge in [-0.15, -0.1) is 0 Å². The van der Waals surface area contributed by atoms with Crippen molar-refractivity contribution in [3.8, 4) is 22.3 Å². The van der Waals surface area contributed by atoms with Crippen molar-refractivity contribution in [2.45, 2.75) is 55.4 Å². The number of benzene rings is 9. The highest BCUT2D eigenvalue weighted by Crippen LogP contribution is 2.40. The topological polar surface area (TPSA) is 6.48 Å². The van der Waals surface area contributed by atoms with E-state index in [9.17, 15) is 0 Å². The standard InChI is InChI=1S/C66H60N2/c1-45-9-19-55(49(5)41-45)21-13-53-15-31-61(32-16-53)67(65-39-11-47(3)43-51(65)7)63-35-27-59(28-36-63)57-23-25-58(26-24-57)60-29-37-64(38-30-60)68(66-40-12-48(4)44-52(66)8)62-33-17-54(18-34-62)14-22-56-20-10-46(2)42-50(56)6/h9-44H,1-8H3. The van der Waals surface area contributed by atoms with E-state index in [2.05, 4.69) is 284 Å². The van der Waals surface area contributed by atoms with E-state index in [-0.39, 0.29) is 0 Å². The number of hydrogen-bond acceptors (Lipinski definition) is 2. The maximum atomic E-state index is 2.37. The Hall–Kier alpha value is -7.94. The van der Waals surface area contributed by atoms with E-state index in [1.165, 1.54) is 100 Å². The Morgan fingerprint density at radius 1 is 0.250 bits per heavy atom. The van der Waals surface area contributed by atoms with Gasteiger partial charge in [0.2, 0.25) is 0 Å². The van der Waals surface area contributed by atoms with Crippen LogP contribution in [0.5, 0.6) is 0 Å². The molecule has 0 aliphatic rings. The van der Waals surface area contributed by atoms with Gasteiger partial charge < -0.3 is 9.80 Å². The first-order valence-corrected chi connectivity index (χ1v) is 23.7. The van der Waals surface area contributed by atoms with Crippen LogP contribution in [0.3, 0.4) is 0 Å². The molecule has 334 valence electrons. The average molecular weight is 881 g/mol. The maximum Gasteiger partial charge on any atom is 0.0490 e. The summed E-state index contributed by atoms with van der Waals surface area (Å²) < 4.78 is 0. The third kappa shape index (κ3) is 10.2. The molecule has 0 amide bonds. The molecule has 0 spiro atoms. The first-order chi connectivity index (χ1) is 32.9. The predicted octanol–water partition coefficient (Wildman–Crippen LogP) is 18.8. The van der Waals surface area contributed by atoms with Gasteiger partial charge in [0, 0.05) is 34.1 Å². The molecule has 9 aromatic rings. The zero-order valence-corrected chi connectivity index (χ0v) is 40.7. The molecule has 0 fully saturated rings. The summed E-state index contributed by atoms with van der Waals surface area (Å²) in [5.41, 5.74) is 26.5.